The Hall–Kier alpha value is -1.27. The Kier molecular flexibility index (Phi) is 2.55. The van der Waals surface area contributed by atoms with Gasteiger partial charge in [0.1, 0.15) is 0 Å². The number of rotatable bonds is 2. The van der Waals surface area contributed by atoms with Crippen LogP contribution < -0.4 is 10.0 Å². The van der Waals surface area contributed by atoms with Gasteiger partial charge in [-0.3, -0.25) is 4.31 Å². The Morgan fingerprint density at radius 1 is 1.38 bits per heavy atom. The van der Waals surface area contributed by atoms with E-state index in [1.165, 1.54) is 22.7 Å². The molecule has 1 aliphatic heterocycles. The lowest BCUT2D eigenvalue weighted by Crippen LogP contribution is -2.39. The molecule has 2 rings (SSSR count). The maximum atomic E-state index is 12.0. The number of anilines is 2. The van der Waals surface area contributed by atoms with Gasteiger partial charge in [0.2, 0.25) is 0 Å². The normalized spacial score (nSPS) is 15.6. The van der Waals surface area contributed by atoms with E-state index in [1.807, 2.05) is 6.07 Å². The van der Waals surface area contributed by atoms with Crippen LogP contribution in [0.4, 0.5) is 11.4 Å². The fraction of sp³-hybridized carbons (Fsp3) is 0.400. The second kappa shape index (κ2) is 3.64. The summed E-state index contributed by atoms with van der Waals surface area (Å²) in [6.07, 6.45) is 0.739. The van der Waals surface area contributed by atoms with E-state index in [0.29, 0.717) is 17.9 Å². The summed E-state index contributed by atoms with van der Waals surface area (Å²) in [5.41, 5.74) is 7.99. The van der Waals surface area contributed by atoms with Crippen LogP contribution in [0, 0.1) is 0 Å². The minimum absolute atomic E-state index is 0.485. The molecule has 0 atom stereocenters. The summed E-state index contributed by atoms with van der Waals surface area (Å²) in [5.74, 6) is 0. The summed E-state index contributed by atoms with van der Waals surface area (Å²) in [6, 6.07) is 5.39. The van der Waals surface area contributed by atoms with E-state index >= 15 is 0 Å². The third-order valence-electron chi connectivity index (χ3n) is 2.70. The van der Waals surface area contributed by atoms with Gasteiger partial charge in [-0.15, -0.1) is 0 Å². The lowest BCUT2D eigenvalue weighted by Gasteiger charge is -2.23. The van der Waals surface area contributed by atoms with Crippen LogP contribution in [0.1, 0.15) is 5.56 Å². The Labute approximate surface area is 95.6 Å². The van der Waals surface area contributed by atoms with Gasteiger partial charge in [0.25, 0.3) is 0 Å². The molecule has 0 unspecified atom stereocenters. The van der Waals surface area contributed by atoms with Crippen molar-refractivity contribution in [3.63, 3.8) is 0 Å². The number of benzene rings is 1. The number of nitrogen functional groups attached to an aromatic ring is 1. The summed E-state index contributed by atoms with van der Waals surface area (Å²) in [5, 5.41) is 0. The molecule has 0 saturated heterocycles. The number of nitrogens with two attached hydrogens (primary N) is 1. The first-order valence-corrected chi connectivity index (χ1v) is 6.41. The minimum atomic E-state index is -3.40. The molecular weight excluding hydrogens is 226 g/mol. The maximum absolute atomic E-state index is 12.0. The van der Waals surface area contributed by atoms with Crippen LogP contribution in [-0.4, -0.2) is 33.4 Å². The van der Waals surface area contributed by atoms with Gasteiger partial charge >= 0.3 is 10.2 Å². The van der Waals surface area contributed by atoms with Crippen LogP contribution in [0.15, 0.2) is 18.2 Å². The smallest absolute Gasteiger partial charge is 0.303 e. The van der Waals surface area contributed by atoms with Gasteiger partial charge in [0, 0.05) is 26.3 Å². The molecule has 16 heavy (non-hydrogen) atoms. The molecule has 0 aliphatic carbocycles. The van der Waals surface area contributed by atoms with Crippen molar-refractivity contribution in [1.82, 2.24) is 4.31 Å². The highest BCUT2D eigenvalue weighted by atomic mass is 32.2. The van der Waals surface area contributed by atoms with Crippen molar-refractivity contribution >= 4 is 21.6 Å². The number of fused-ring (bicyclic) bond motifs is 1. The molecular formula is C10H15N3O2S. The van der Waals surface area contributed by atoms with Gasteiger partial charge in [-0.1, -0.05) is 6.07 Å². The fourth-order valence-electron chi connectivity index (χ4n) is 1.80. The first-order valence-electron chi connectivity index (χ1n) is 5.01. The van der Waals surface area contributed by atoms with E-state index in [9.17, 15) is 8.42 Å². The van der Waals surface area contributed by atoms with E-state index < -0.39 is 10.2 Å². The largest absolute Gasteiger partial charge is 0.399 e. The highest BCUT2D eigenvalue weighted by Gasteiger charge is 2.30. The van der Waals surface area contributed by atoms with Crippen molar-refractivity contribution in [2.24, 2.45) is 0 Å². The Balaban J connectivity index is 2.48. The highest BCUT2D eigenvalue weighted by Crippen LogP contribution is 2.32. The van der Waals surface area contributed by atoms with Gasteiger partial charge in [-0.2, -0.15) is 12.7 Å². The lowest BCUT2D eigenvalue weighted by molar-refractivity contribution is 0.517. The molecule has 1 aliphatic rings. The SMILES string of the molecule is CN(C)S(=O)(=O)N1CCc2ccc(N)cc21. The molecule has 0 radical (unpaired) electrons. The molecule has 0 spiro atoms. The maximum Gasteiger partial charge on any atom is 0.303 e. The van der Waals surface area contributed by atoms with E-state index in [1.54, 1.807) is 12.1 Å². The van der Waals surface area contributed by atoms with E-state index in [-0.39, 0.29) is 0 Å². The first-order chi connectivity index (χ1) is 7.43. The standard InChI is InChI=1S/C10H15N3O2S/c1-12(2)16(14,15)13-6-5-8-3-4-9(11)7-10(8)13/h3-4,7H,5-6,11H2,1-2H3. The quantitative estimate of drug-likeness (QED) is 0.764. The summed E-state index contributed by atoms with van der Waals surface area (Å²) in [6.45, 7) is 0.485. The first kappa shape index (κ1) is 11.2. The van der Waals surface area contributed by atoms with Crippen LogP contribution in [0.5, 0.6) is 0 Å². The summed E-state index contributed by atoms with van der Waals surface area (Å²) >= 11 is 0. The molecule has 5 nitrogen and oxygen atoms in total. The number of hydrogen-bond acceptors (Lipinski definition) is 3. The molecule has 0 saturated carbocycles. The third kappa shape index (κ3) is 1.64. The van der Waals surface area contributed by atoms with E-state index in [4.69, 9.17) is 5.73 Å². The van der Waals surface area contributed by atoms with Gasteiger partial charge in [0.05, 0.1) is 5.69 Å². The number of hydrogen-bond donors (Lipinski definition) is 1. The summed E-state index contributed by atoms with van der Waals surface area (Å²) in [7, 11) is -0.341. The van der Waals surface area contributed by atoms with Crippen LogP contribution in [0.2, 0.25) is 0 Å². The Morgan fingerprint density at radius 3 is 2.69 bits per heavy atom. The average molecular weight is 241 g/mol. The van der Waals surface area contributed by atoms with Crippen molar-refractivity contribution in [3.05, 3.63) is 23.8 Å². The Morgan fingerprint density at radius 2 is 2.06 bits per heavy atom. The zero-order chi connectivity index (χ0) is 11.9. The number of nitrogens with zero attached hydrogens (tertiary/aromatic N) is 2. The molecule has 6 heteroatoms. The third-order valence-corrected chi connectivity index (χ3v) is 4.56. The van der Waals surface area contributed by atoms with Crippen LogP contribution >= 0.6 is 0 Å². The molecule has 1 aromatic carbocycles. The molecule has 0 bridgehead atoms. The molecule has 0 fully saturated rings. The Bertz CT molecular complexity index is 511. The zero-order valence-electron chi connectivity index (χ0n) is 9.34. The van der Waals surface area contributed by atoms with Crippen LogP contribution in [0.3, 0.4) is 0 Å². The fourth-order valence-corrected chi connectivity index (χ4v) is 2.94. The second-order valence-electron chi connectivity index (χ2n) is 4.00. The van der Waals surface area contributed by atoms with Gasteiger partial charge in [0.15, 0.2) is 0 Å². The minimum Gasteiger partial charge on any atom is -0.399 e. The molecule has 0 amide bonds. The highest BCUT2D eigenvalue weighted by molar-refractivity contribution is 7.90. The monoisotopic (exact) mass is 241 g/mol. The van der Waals surface area contributed by atoms with E-state index in [0.717, 1.165) is 12.0 Å². The van der Waals surface area contributed by atoms with Crippen molar-refractivity contribution in [3.8, 4) is 0 Å². The lowest BCUT2D eigenvalue weighted by atomic mass is 10.1. The topological polar surface area (TPSA) is 66.6 Å². The van der Waals surface area contributed by atoms with Crippen LogP contribution in [-0.2, 0) is 16.6 Å². The van der Waals surface area contributed by atoms with Crippen molar-refractivity contribution < 1.29 is 8.42 Å². The van der Waals surface area contributed by atoms with Gasteiger partial charge < -0.3 is 5.73 Å². The van der Waals surface area contributed by atoms with Crippen molar-refractivity contribution in [1.29, 1.82) is 0 Å². The van der Waals surface area contributed by atoms with Crippen LogP contribution in [0.25, 0.3) is 0 Å². The molecule has 0 aromatic heterocycles. The van der Waals surface area contributed by atoms with E-state index in [2.05, 4.69) is 0 Å². The molecule has 2 N–H and O–H groups in total. The molecule has 1 aromatic rings. The van der Waals surface area contributed by atoms with Gasteiger partial charge in [-0.25, -0.2) is 0 Å². The predicted octanol–water partition coefficient (Wildman–Crippen LogP) is 0.438. The second-order valence-corrected chi connectivity index (χ2v) is 6.07. The molecule has 88 valence electrons. The van der Waals surface area contributed by atoms with Crippen molar-refractivity contribution in [2.75, 3.05) is 30.7 Å². The van der Waals surface area contributed by atoms with Crippen molar-refractivity contribution in [2.45, 2.75) is 6.42 Å². The zero-order valence-corrected chi connectivity index (χ0v) is 10.2. The average Bonchev–Trinajstić information content (AvgIpc) is 2.60. The summed E-state index contributed by atoms with van der Waals surface area (Å²) < 4.78 is 26.7. The van der Waals surface area contributed by atoms with Gasteiger partial charge in [-0.05, 0) is 24.1 Å². The summed E-state index contributed by atoms with van der Waals surface area (Å²) in [4.78, 5) is 0. The molecule has 1 heterocycles. The predicted molar refractivity (Wildman–Crippen MR) is 64.5 cm³/mol.